The van der Waals surface area contributed by atoms with Gasteiger partial charge in [0.15, 0.2) is 6.61 Å². The number of nitrogens with two attached hydrogens (primary N) is 1. The highest BCUT2D eigenvalue weighted by Crippen LogP contribution is 2.27. The molecule has 1 aromatic carbocycles. The Kier molecular flexibility index (Phi) is 5.07. The first-order chi connectivity index (χ1) is 9.10. The molecule has 1 aliphatic rings. The summed E-state index contributed by atoms with van der Waals surface area (Å²) in [5.74, 6) is 0.919. The van der Waals surface area contributed by atoms with Crippen LogP contribution in [0.1, 0.15) is 6.42 Å². The zero-order chi connectivity index (χ0) is 13.8. The van der Waals surface area contributed by atoms with Gasteiger partial charge in [0.05, 0.1) is 5.02 Å². The summed E-state index contributed by atoms with van der Waals surface area (Å²) in [4.78, 5) is 13.8. The van der Waals surface area contributed by atoms with E-state index in [1.165, 1.54) is 0 Å². The number of halogens is 2. The number of likely N-dealkylation sites (tertiary alicyclic amines) is 1. The third-order valence-corrected chi connectivity index (χ3v) is 4.01. The summed E-state index contributed by atoms with van der Waals surface area (Å²) in [7, 11) is 0. The Bertz CT molecular complexity index is 470. The van der Waals surface area contributed by atoms with Crippen LogP contribution in [0.4, 0.5) is 0 Å². The van der Waals surface area contributed by atoms with E-state index in [1.807, 2.05) is 6.07 Å². The van der Waals surface area contributed by atoms with Crippen molar-refractivity contribution in [3.63, 3.8) is 0 Å². The minimum absolute atomic E-state index is 0.0125. The molecular formula is C13H16BrClN2O2. The van der Waals surface area contributed by atoms with E-state index in [0.717, 1.165) is 24.0 Å². The quantitative estimate of drug-likeness (QED) is 0.909. The first-order valence-corrected chi connectivity index (χ1v) is 7.33. The smallest absolute Gasteiger partial charge is 0.260 e. The molecule has 2 N–H and O–H groups in total. The largest absolute Gasteiger partial charge is 0.482 e. The number of amides is 1. The van der Waals surface area contributed by atoms with Gasteiger partial charge in [-0.15, -0.1) is 0 Å². The summed E-state index contributed by atoms with van der Waals surface area (Å²) in [6.45, 7) is 2.13. The molecule has 1 aromatic rings. The van der Waals surface area contributed by atoms with Crippen molar-refractivity contribution in [2.45, 2.75) is 6.42 Å². The highest BCUT2D eigenvalue weighted by atomic mass is 79.9. The van der Waals surface area contributed by atoms with E-state index in [-0.39, 0.29) is 12.5 Å². The molecule has 1 unspecified atom stereocenters. The average Bonchev–Trinajstić information content (AvgIpc) is 2.86. The van der Waals surface area contributed by atoms with Crippen LogP contribution in [0.3, 0.4) is 0 Å². The zero-order valence-electron chi connectivity index (χ0n) is 10.4. The average molecular weight is 348 g/mol. The molecule has 0 bridgehead atoms. The Morgan fingerprint density at radius 2 is 2.37 bits per heavy atom. The fraction of sp³-hybridized carbons (Fsp3) is 0.462. The lowest BCUT2D eigenvalue weighted by atomic mass is 10.1. The van der Waals surface area contributed by atoms with E-state index in [0.29, 0.717) is 23.2 Å². The van der Waals surface area contributed by atoms with Gasteiger partial charge in [-0.2, -0.15) is 0 Å². The van der Waals surface area contributed by atoms with Crippen molar-refractivity contribution in [3.05, 3.63) is 27.7 Å². The maximum Gasteiger partial charge on any atom is 0.260 e. The fourth-order valence-electron chi connectivity index (χ4n) is 2.07. The topological polar surface area (TPSA) is 55.6 Å². The van der Waals surface area contributed by atoms with Gasteiger partial charge in [-0.3, -0.25) is 4.79 Å². The van der Waals surface area contributed by atoms with Crippen molar-refractivity contribution in [2.24, 2.45) is 11.7 Å². The number of ether oxygens (including phenoxy) is 1. The van der Waals surface area contributed by atoms with Gasteiger partial charge < -0.3 is 15.4 Å². The molecule has 104 valence electrons. The number of carbonyl (C=O) groups excluding carboxylic acids is 1. The second-order valence-corrected chi connectivity index (χ2v) is 5.92. The number of benzene rings is 1. The summed E-state index contributed by atoms with van der Waals surface area (Å²) < 4.78 is 6.34. The summed E-state index contributed by atoms with van der Waals surface area (Å²) in [5.41, 5.74) is 5.60. The molecule has 1 amide bonds. The summed E-state index contributed by atoms with van der Waals surface area (Å²) in [6, 6.07) is 5.31. The molecule has 2 rings (SSSR count). The van der Waals surface area contributed by atoms with Gasteiger partial charge in [-0.25, -0.2) is 0 Å². The minimum Gasteiger partial charge on any atom is -0.482 e. The van der Waals surface area contributed by atoms with E-state index in [1.54, 1.807) is 17.0 Å². The van der Waals surface area contributed by atoms with Crippen molar-refractivity contribution in [1.29, 1.82) is 0 Å². The third kappa shape index (κ3) is 3.84. The van der Waals surface area contributed by atoms with Crippen LogP contribution in [-0.4, -0.2) is 37.0 Å². The summed E-state index contributed by atoms with van der Waals surface area (Å²) >= 11 is 9.34. The van der Waals surface area contributed by atoms with Crippen molar-refractivity contribution < 1.29 is 9.53 Å². The Labute approximate surface area is 126 Å². The number of rotatable bonds is 4. The van der Waals surface area contributed by atoms with E-state index in [2.05, 4.69) is 15.9 Å². The van der Waals surface area contributed by atoms with Gasteiger partial charge in [0.25, 0.3) is 5.91 Å². The van der Waals surface area contributed by atoms with Gasteiger partial charge in [0.1, 0.15) is 5.75 Å². The van der Waals surface area contributed by atoms with Crippen molar-refractivity contribution in [2.75, 3.05) is 26.2 Å². The van der Waals surface area contributed by atoms with Crippen LogP contribution < -0.4 is 10.5 Å². The Balaban J connectivity index is 1.87. The molecule has 0 saturated carbocycles. The highest BCUT2D eigenvalue weighted by Gasteiger charge is 2.25. The number of hydrogen-bond acceptors (Lipinski definition) is 3. The number of hydrogen-bond donors (Lipinski definition) is 1. The number of carbonyl (C=O) groups is 1. The molecule has 0 spiro atoms. The molecule has 1 aliphatic heterocycles. The van der Waals surface area contributed by atoms with Crippen LogP contribution >= 0.6 is 27.5 Å². The van der Waals surface area contributed by atoms with E-state index in [9.17, 15) is 4.79 Å². The molecule has 6 heteroatoms. The Morgan fingerprint density at radius 1 is 1.58 bits per heavy atom. The van der Waals surface area contributed by atoms with Gasteiger partial charge in [0.2, 0.25) is 0 Å². The van der Waals surface area contributed by atoms with Crippen LogP contribution in [0.2, 0.25) is 5.02 Å². The molecule has 0 aromatic heterocycles. The predicted octanol–water partition coefficient (Wildman–Crippen LogP) is 2.29. The second-order valence-electron chi connectivity index (χ2n) is 4.59. The molecule has 1 heterocycles. The van der Waals surface area contributed by atoms with Crippen molar-refractivity contribution in [3.8, 4) is 5.75 Å². The van der Waals surface area contributed by atoms with Gasteiger partial charge in [-0.1, -0.05) is 27.5 Å². The standard InChI is InChI=1S/C13H16BrClN2O2/c14-10-1-2-12(11(15)5-10)19-8-13(18)17-4-3-9(6-16)7-17/h1-2,5,9H,3-4,6-8,16H2. The van der Waals surface area contributed by atoms with Gasteiger partial charge >= 0.3 is 0 Å². The van der Waals surface area contributed by atoms with Crippen LogP contribution in [0.15, 0.2) is 22.7 Å². The lowest BCUT2D eigenvalue weighted by Crippen LogP contribution is -2.33. The maximum absolute atomic E-state index is 12.0. The van der Waals surface area contributed by atoms with Crippen LogP contribution in [-0.2, 0) is 4.79 Å². The van der Waals surface area contributed by atoms with Gasteiger partial charge in [0, 0.05) is 17.6 Å². The van der Waals surface area contributed by atoms with Gasteiger partial charge in [-0.05, 0) is 37.1 Å². The first-order valence-electron chi connectivity index (χ1n) is 6.16. The van der Waals surface area contributed by atoms with Crippen molar-refractivity contribution >= 4 is 33.4 Å². The van der Waals surface area contributed by atoms with Crippen molar-refractivity contribution in [1.82, 2.24) is 4.90 Å². The molecule has 1 saturated heterocycles. The number of nitrogens with zero attached hydrogens (tertiary/aromatic N) is 1. The molecule has 4 nitrogen and oxygen atoms in total. The second kappa shape index (κ2) is 6.59. The Hall–Kier alpha value is -0.780. The fourth-order valence-corrected chi connectivity index (χ4v) is 2.80. The Morgan fingerprint density at radius 3 is 3.00 bits per heavy atom. The zero-order valence-corrected chi connectivity index (χ0v) is 12.8. The van der Waals surface area contributed by atoms with E-state index >= 15 is 0 Å². The molecular weight excluding hydrogens is 332 g/mol. The molecule has 0 aliphatic carbocycles. The molecule has 19 heavy (non-hydrogen) atoms. The van der Waals surface area contributed by atoms with E-state index in [4.69, 9.17) is 22.1 Å². The lowest BCUT2D eigenvalue weighted by Gasteiger charge is -2.17. The van der Waals surface area contributed by atoms with Crippen LogP contribution in [0.5, 0.6) is 5.75 Å². The lowest BCUT2D eigenvalue weighted by molar-refractivity contribution is -0.132. The summed E-state index contributed by atoms with van der Waals surface area (Å²) in [6.07, 6.45) is 0.973. The monoisotopic (exact) mass is 346 g/mol. The SMILES string of the molecule is NCC1CCN(C(=O)COc2ccc(Br)cc2Cl)C1. The molecule has 0 radical (unpaired) electrons. The highest BCUT2D eigenvalue weighted by molar-refractivity contribution is 9.10. The minimum atomic E-state index is -0.0186. The molecule has 1 atom stereocenters. The summed E-state index contributed by atoms with van der Waals surface area (Å²) in [5, 5.41) is 0.489. The van der Waals surface area contributed by atoms with Crippen LogP contribution in [0.25, 0.3) is 0 Å². The van der Waals surface area contributed by atoms with Crippen LogP contribution in [0, 0.1) is 5.92 Å². The third-order valence-electron chi connectivity index (χ3n) is 3.22. The first kappa shape index (κ1) is 14.6. The predicted molar refractivity (Wildman–Crippen MR) is 78.4 cm³/mol. The normalized spacial score (nSPS) is 18.7. The maximum atomic E-state index is 12.0. The molecule has 1 fully saturated rings. The van der Waals surface area contributed by atoms with E-state index < -0.39 is 0 Å².